The Kier molecular flexibility index (Phi) is 19.7. The fraction of sp³-hybridized carbons (Fsp3) is 0.435. The topological polar surface area (TPSA) is 209 Å². The summed E-state index contributed by atoms with van der Waals surface area (Å²) < 4.78 is 30.4. The molecule has 0 aliphatic carbocycles. The number of nitrogens with one attached hydrogen (secondary N) is 1. The standard InChI is InChI=1S/C46H57N7O9.Dy/c1-5-32-33(6-2)37-21-39-35(11-9-15-55)31(4)43(52-39)25-48-40-22-44(61-26-46(56)57)45(62-29-60-19-17-58-16-18-59-28-53-13-12-47-27-53)23-41(40)49-24-42-30(3)34(10-7-8-14-54)38(51-42)20-36(32)50-37;/h12-13,20-25,27,52,54-55H,5-11,14-19,26,28-29H2,1-4H3,(H,56,57);/q;+3. The Hall–Kier alpha value is -4.51. The maximum absolute atomic E-state index is 11.7. The number of aliphatic carboxylic acids is 1. The third-order valence-electron chi connectivity index (χ3n) is 10.6. The van der Waals surface area contributed by atoms with Gasteiger partial charge in [-0.25, -0.2) is 19.7 Å². The average molecular weight is 1010 g/mol. The number of ether oxygens (including phenoxy) is 5. The SMILES string of the molecule is CCC1=C(CC)c2cc3[nH]c(cnc4cc(OCC(=O)O)c(OCOCCOCCOCn5ccnc5)cc4ncc4nc(cc1n2)C(CCCCO)=C4C)c(C)c3CCCO.[Dy+3]. The van der Waals surface area contributed by atoms with Gasteiger partial charge in [-0.2, -0.15) is 0 Å². The van der Waals surface area contributed by atoms with Gasteiger partial charge in [0, 0.05) is 43.3 Å². The van der Waals surface area contributed by atoms with Crippen molar-refractivity contribution in [2.45, 2.75) is 79.4 Å². The second kappa shape index (κ2) is 25.1. The fourth-order valence-electron chi connectivity index (χ4n) is 7.39. The zero-order chi connectivity index (χ0) is 43.8. The molecule has 0 saturated carbocycles. The van der Waals surface area contributed by atoms with Crippen LogP contribution < -0.4 is 9.47 Å². The largest absolute Gasteiger partial charge is 3.00 e. The molecule has 4 aromatic rings. The molecule has 0 atom stereocenters. The van der Waals surface area contributed by atoms with Crippen LogP contribution in [0.3, 0.4) is 0 Å². The molecule has 6 rings (SSSR count). The molecular formula is C46H57DyN7O9+3. The summed E-state index contributed by atoms with van der Waals surface area (Å²) in [4.78, 5) is 39.3. The number of carboxylic acids is 1. The van der Waals surface area contributed by atoms with E-state index in [1.165, 1.54) is 11.1 Å². The first-order valence-corrected chi connectivity index (χ1v) is 21.1. The molecule has 4 N–H and O–H groups in total. The number of hydrogen-bond donors (Lipinski definition) is 4. The van der Waals surface area contributed by atoms with Crippen molar-refractivity contribution in [3.63, 3.8) is 0 Å². The van der Waals surface area contributed by atoms with Crippen molar-refractivity contribution in [1.82, 2.24) is 34.5 Å². The van der Waals surface area contributed by atoms with E-state index in [0.29, 0.717) is 69.0 Å². The number of carbonyl (C=O) groups is 1. The molecule has 6 bridgehead atoms. The number of nitrogens with zero attached hydrogens (tertiary/aromatic N) is 6. The van der Waals surface area contributed by atoms with Crippen LogP contribution in [-0.4, -0.2) is 109 Å². The predicted molar refractivity (Wildman–Crippen MR) is 236 cm³/mol. The van der Waals surface area contributed by atoms with Crippen molar-refractivity contribution in [3.05, 3.63) is 89.3 Å². The third-order valence-corrected chi connectivity index (χ3v) is 10.6. The number of rotatable bonds is 23. The fourth-order valence-corrected chi connectivity index (χ4v) is 7.39. The first-order valence-electron chi connectivity index (χ1n) is 21.1. The molecule has 0 amide bonds. The van der Waals surface area contributed by atoms with Crippen molar-refractivity contribution in [2.75, 3.05) is 53.0 Å². The van der Waals surface area contributed by atoms with Crippen LogP contribution in [0.1, 0.15) is 93.2 Å². The molecule has 3 aromatic heterocycles. The molecule has 0 unspecified atom stereocenters. The Morgan fingerprint density at radius 1 is 0.730 bits per heavy atom. The molecular weight excluding hydrogens is 957 g/mol. The minimum absolute atomic E-state index is 0. The van der Waals surface area contributed by atoms with Crippen LogP contribution >= 0.6 is 0 Å². The molecule has 0 fully saturated rings. The number of aliphatic hydroxyl groups excluding tert-OH is 2. The molecule has 5 heterocycles. The van der Waals surface area contributed by atoms with Gasteiger partial charge in [-0.05, 0) is 104 Å². The van der Waals surface area contributed by atoms with Gasteiger partial charge in [-0.1, -0.05) is 13.8 Å². The molecule has 63 heavy (non-hydrogen) atoms. The minimum Gasteiger partial charge on any atom is -0.479 e. The number of aromatic nitrogens is 7. The van der Waals surface area contributed by atoms with E-state index < -0.39 is 12.6 Å². The van der Waals surface area contributed by atoms with Crippen LogP contribution in [0.4, 0.5) is 0 Å². The molecule has 2 aliphatic heterocycles. The van der Waals surface area contributed by atoms with Crippen molar-refractivity contribution in [1.29, 1.82) is 0 Å². The molecule has 0 spiro atoms. The van der Waals surface area contributed by atoms with Crippen molar-refractivity contribution in [3.8, 4) is 11.5 Å². The van der Waals surface area contributed by atoms with Crippen LogP contribution in [0, 0.1) is 45.1 Å². The van der Waals surface area contributed by atoms with E-state index >= 15 is 0 Å². The Labute approximate surface area is 397 Å². The van der Waals surface area contributed by atoms with E-state index in [1.807, 2.05) is 24.6 Å². The van der Waals surface area contributed by atoms with E-state index in [2.05, 4.69) is 35.9 Å². The van der Waals surface area contributed by atoms with E-state index in [1.54, 1.807) is 37.1 Å². The number of imidazole rings is 1. The smallest absolute Gasteiger partial charge is 0.479 e. The number of benzene rings is 1. The quantitative estimate of drug-likeness (QED) is 0.0432. The first kappa shape index (κ1) is 49.5. The zero-order valence-electron chi connectivity index (χ0n) is 36.3. The number of aliphatic hydroxyl groups is 2. The molecule has 2 aliphatic rings. The van der Waals surface area contributed by atoms with Gasteiger partial charge in [0.25, 0.3) is 0 Å². The van der Waals surface area contributed by atoms with Gasteiger partial charge in [-0.15, -0.1) is 0 Å². The number of carboxylic acid groups (broad SMARTS) is 1. The van der Waals surface area contributed by atoms with Gasteiger partial charge in [0.05, 0.1) is 84.5 Å². The van der Waals surface area contributed by atoms with Gasteiger partial charge in [0.2, 0.25) is 0 Å². The van der Waals surface area contributed by atoms with Gasteiger partial charge >= 0.3 is 44.1 Å². The van der Waals surface area contributed by atoms with Gasteiger partial charge < -0.3 is 48.6 Å². The normalized spacial score (nSPS) is 12.4. The third kappa shape index (κ3) is 13.3. The summed E-state index contributed by atoms with van der Waals surface area (Å²) in [7, 11) is 0. The molecule has 0 saturated heterocycles. The van der Waals surface area contributed by atoms with Gasteiger partial charge in [-0.3, -0.25) is 9.97 Å². The molecule has 17 heteroatoms. The van der Waals surface area contributed by atoms with Gasteiger partial charge in [0.1, 0.15) is 6.73 Å². The minimum atomic E-state index is -1.16. The van der Waals surface area contributed by atoms with Crippen LogP contribution in [0.2, 0.25) is 0 Å². The van der Waals surface area contributed by atoms with Crippen molar-refractivity contribution >= 4 is 50.3 Å². The summed E-state index contributed by atoms with van der Waals surface area (Å²) in [5.41, 5.74) is 12.1. The molecule has 16 nitrogen and oxygen atoms in total. The number of H-pyrrole nitrogens is 1. The van der Waals surface area contributed by atoms with E-state index in [0.717, 1.165) is 69.7 Å². The van der Waals surface area contributed by atoms with Crippen LogP contribution in [-0.2, 0) is 32.2 Å². The second-order valence-electron chi connectivity index (χ2n) is 14.8. The number of aromatic amines is 1. The summed E-state index contributed by atoms with van der Waals surface area (Å²) >= 11 is 0. The summed E-state index contributed by atoms with van der Waals surface area (Å²) in [5.74, 6) is -0.811. The second-order valence-corrected chi connectivity index (χ2v) is 14.8. The van der Waals surface area contributed by atoms with Crippen LogP contribution in [0.5, 0.6) is 11.5 Å². The van der Waals surface area contributed by atoms with Gasteiger partial charge in [0.15, 0.2) is 24.9 Å². The maximum Gasteiger partial charge on any atom is 3.00 e. The van der Waals surface area contributed by atoms with E-state index in [9.17, 15) is 20.1 Å². The number of allylic oxidation sites excluding steroid dienone is 4. The molecule has 1 aromatic carbocycles. The summed E-state index contributed by atoms with van der Waals surface area (Å²) in [6, 6.07) is 7.40. The Morgan fingerprint density at radius 3 is 2.06 bits per heavy atom. The van der Waals surface area contributed by atoms with Crippen molar-refractivity contribution in [2.24, 2.45) is 0 Å². The van der Waals surface area contributed by atoms with Crippen molar-refractivity contribution < 1.29 is 82.0 Å². The number of unbranched alkanes of at least 4 members (excludes halogenated alkanes) is 1. The maximum atomic E-state index is 11.7. The summed E-state index contributed by atoms with van der Waals surface area (Å²) in [5, 5.41) is 29.0. The van der Waals surface area contributed by atoms with E-state index in [-0.39, 0.29) is 76.3 Å². The summed E-state index contributed by atoms with van der Waals surface area (Å²) in [6.45, 7) is 9.40. The average Bonchev–Trinajstić information content (AvgIpc) is 4.04. The Bertz CT molecular complexity index is 2430. The number of hydrogen-bond acceptors (Lipinski definition) is 13. The summed E-state index contributed by atoms with van der Waals surface area (Å²) in [6.07, 6.45) is 13.6. The zero-order valence-corrected chi connectivity index (χ0v) is 38.3. The Morgan fingerprint density at radius 2 is 1.38 bits per heavy atom. The van der Waals surface area contributed by atoms with E-state index in [4.69, 9.17) is 43.6 Å². The van der Waals surface area contributed by atoms with Crippen LogP contribution in [0.25, 0.3) is 44.4 Å². The van der Waals surface area contributed by atoms with Crippen LogP contribution in [0.15, 0.2) is 55.4 Å². The molecule has 1 radical (unpaired) electrons. The number of fused-ring (bicyclic) bond motifs is 7. The molecule has 337 valence electrons. The number of aryl methyl sites for hydroxylation is 2. The monoisotopic (exact) mass is 1020 g/mol. The predicted octanol–water partition coefficient (Wildman–Crippen LogP) is 7.10. The first-order chi connectivity index (χ1) is 30.2. The Balaban J connectivity index is 0.00000748.